The summed E-state index contributed by atoms with van der Waals surface area (Å²) in [6.07, 6.45) is 3.62. The van der Waals surface area contributed by atoms with Crippen molar-refractivity contribution in [1.82, 2.24) is 14.9 Å². The molecule has 3 heterocycles. The molecule has 3 rings (SSSR count). The van der Waals surface area contributed by atoms with Crippen LogP contribution in [0.25, 0.3) is 0 Å². The maximum Gasteiger partial charge on any atom is 0.328 e. The number of nitrogens with zero attached hydrogens (tertiary/aromatic N) is 5. The Morgan fingerprint density at radius 3 is 3.00 bits per heavy atom. The lowest BCUT2D eigenvalue weighted by molar-refractivity contribution is 0.111. The highest BCUT2D eigenvalue weighted by atomic mass is 16.5. The van der Waals surface area contributed by atoms with E-state index in [1.54, 1.807) is 6.07 Å². The first-order valence-electron chi connectivity index (χ1n) is 9.23. The zero-order valence-corrected chi connectivity index (χ0v) is 16.4. The first-order chi connectivity index (χ1) is 14.0. The molecule has 0 atom stereocenters. The molecule has 0 saturated carbocycles. The van der Waals surface area contributed by atoms with Crippen LogP contribution in [0.1, 0.15) is 28.0 Å². The van der Waals surface area contributed by atoms with E-state index in [2.05, 4.69) is 15.3 Å². The maximum absolute atomic E-state index is 12.8. The van der Waals surface area contributed by atoms with Gasteiger partial charge in [0.15, 0.2) is 6.29 Å². The average Bonchev–Trinajstić information content (AvgIpc) is 2.72. The highest BCUT2D eigenvalue weighted by molar-refractivity contribution is 6.01. The van der Waals surface area contributed by atoms with E-state index in [1.165, 1.54) is 17.2 Å². The summed E-state index contributed by atoms with van der Waals surface area (Å²) in [5, 5.41) is 12.0. The number of carbonyl (C=O) groups is 2. The molecule has 1 aliphatic rings. The quantitative estimate of drug-likeness (QED) is 0.747. The summed E-state index contributed by atoms with van der Waals surface area (Å²) in [4.78, 5) is 35.8. The van der Waals surface area contributed by atoms with E-state index in [4.69, 9.17) is 4.74 Å². The lowest BCUT2D eigenvalue weighted by Gasteiger charge is -2.28. The Morgan fingerprint density at radius 1 is 1.45 bits per heavy atom. The van der Waals surface area contributed by atoms with Crippen molar-refractivity contribution in [1.29, 1.82) is 5.26 Å². The predicted molar refractivity (Wildman–Crippen MR) is 107 cm³/mol. The molecule has 2 amide bonds. The molecule has 1 aliphatic heterocycles. The molecule has 9 heteroatoms. The van der Waals surface area contributed by atoms with Gasteiger partial charge in [-0.3, -0.25) is 15.0 Å². The van der Waals surface area contributed by atoms with Crippen LogP contribution < -0.4 is 15.0 Å². The van der Waals surface area contributed by atoms with Crippen molar-refractivity contribution >= 4 is 24.0 Å². The van der Waals surface area contributed by atoms with Gasteiger partial charge in [-0.05, 0) is 38.6 Å². The number of rotatable bonds is 6. The van der Waals surface area contributed by atoms with Gasteiger partial charge in [-0.15, -0.1) is 0 Å². The number of likely N-dealkylation sites (N-methyl/N-ethyl adjacent to an activating group) is 1. The number of amides is 2. The standard InChI is InChI=1S/C20H22N6O3/c1-25(2)8-9-29-17-10-18(22-12-15(17)11-21)24-20(28)26-7-3-4-14-5-6-16(13-27)23-19(14)26/h5-6,10,12-13H,3-4,7-9H2,1-2H3,(H,22,24,28). The van der Waals surface area contributed by atoms with Crippen molar-refractivity contribution in [3.8, 4) is 11.8 Å². The third kappa shape index (κ3) is 4.86. The molecule has 150 valence electrons. The number of hydrogen-bond acceptors (Lipinski definition) is 7. The van der Waals surface area contributed by atoms with Gasteiger partial charge in [0.1, 0.15) is 41.3 Å². The molecule has 0 bridgehead atoms. The van der Waals surface area contributed by atoms with Gasteiger partial charge in [0.25, 0.3) is 0 Å². The van der Waals surface area contributed by atoms with Gasteiger partial charge in [0, 0.05) is 19.2 Å². The van der Waals surface area contributed by atoms with Crippen molar-refractivity contribution in [2.75, 3.05) is 44.0 Å². The monoisotopic (exact) mass is 394 g/mol. The lowest BCUT2D eigenvalue weighted by atomic mass is 10.1. The number of aldehydes is 1. The summed E-state index contributed by atoms with van der Waals surface area (Å²) in [6.45, 7) is 1.57. The van der Waals surface area contributed by atoms with Crippen molar-refractivity contribution in [3.05, 3.63) is 41.2 Å². The van der Waals surface area contributed by atoms with E-state index in [-0.39, 0.29) is 11.5 Å². The second-order valence-corrected chi connectivity index (χ2v) is 6.85. The number of nitrogens with one attached hydrogen (secondary N) is 1. The average molecular weight is 394 g/mol. The van der Waals surface area contributed by atoms with Crippen LogP contribution in [-0.4, -0.2) is 61.0 Å². The zero-order valence-electron chi connectivity index (χ0n) is 16.4. The Labute approximate surface area is 168 Å². The molecule has 2 aromatic rings. The third-order valence-corrected chi connectivity index (χ3v) is 4.44. The molecule has 0 saturated heterocycles. The van der Waals surface area contributed by atoms with Gasteiger partial charge in [-0.1, -0.05) is 6.07 Å². The van der Waals surface area contributed by atoms with E-state index < -0.39 is 6.03 Å². The second-order valence-electron chi connectivity index (χ2n) is 6.85. The molecule has 1 N–H and O–H groups in total. The molecular weight excluding hydrogens is 372 g/mol. The number of pyridine rings is 2. The topological polar surface area (TPSA) is 111 Å². The number of ether oxygens (including phenoxy) is 1. The lowest BCUT2D eigenvalue weighted by Crippen LogP contribution is -2.39. The van der Waals surface area contributed by atoms with Crippen LogP contribution in [0.3, 0.4) is 0 Å². The predicted octanol–water partition coefficient (Wildman–Crippen LogP) is 2.09. The van der Waals surface area contributed by atoms with Crippen LogP contribution in [0.4, 0.5) is 16.4 Å². The Bertz CT molecular complexity index is 954. The molecule has 0 unspecified atom stereocenters. The van der Waals surface area contributed by atoms with Crippen LogP contribution in [0.2, 0.25) is 0 Å². The molecule has 0 aliphatic carbocycles. The summed E-state index contributed by atoms with van der Waals surface area (Å²) in [5.74, 6) is 1.11. The van der Waals surface area contributed by atoms with Gasteiger partial charge in [-0.25, -0.2) is 14.8 Å². The highest BCUT2D eigenvalue weighted by Gasteiger charge is 2.25. The third-order valence-electron chi connectivity index (χ3n) is 4.44. The number of aromatic nitrogens is 2. The highest BCUT2D eigenvalue weighted by Crippen LogP contribution is 2.26. The Morgan fingerprint density at radius 2 is 2.28 bits per heavy atom. The number of aryl methyl sites for hydroxylation is 1. The molecule has 0 radical (unpaired) electrons. The minimum atomic E-state index is -0.405. The number of hydrogen-bond donors (Lipinski definition) is 1. The van der Waals surface area contributed by atoms with Crippen molar-refractivity contribution < 1.29 is 14.3 Å². The van der Waals surface area contributed by atoms with E-state index in [0.717, 1.165) is 18.4 Å². The normalized spacial score (nSPS) is 12.8. The van der Waals surface area contributed by atoms with Crippen LogP contribution >= 0.6 is 0 Å². The summed E-state index contributed by atoms with van der Waals surface area (Å²) in [5.41, 5.74) is 1.48. The van der Waals surface area contributed by atoms with Gasteiger partial charge in [0.05, 0.1) is 6.20 Å². The molecule has 0 aromatic carbocycles. The van der Waals surface area contributed by atoms with Crippen molar-refractivity contribution in [2.45, 2.75) is 12.8 Å². The molecule has 9 nitrogen and oxygen atoms in total. The fourth-order valence-corrected chi connectivity index (χ4v) is 2.94. The minimum Gasteiger partial charge on any atom is -0.491 e. The number of nitriles is 1. The van der Waals surface area contributed by atoms with Gasteiger partial charge in [-0.2, -0.15) is 5.26 Å². The molecular formula is C20H22N6O3. The largest absolute Gasteiger partial charge is 0.491 e. The van der Waals surface area contributed by atoms with Crippen LogP contribution in [0, 0.1) is 11.3 Å². The van der Waals surface area contributed by atoms with Gasteiger partial charge >= 0.3 is 6.03 Å². The van der Waals surface area contributed by atoms with Crippen molar-refractivity contribution in [2.24, 2.45) is 0 Å². The van der Waals surface area contributed by atoms with Crippen molar-refractivity contribution in [3.63, 3.8) is 0 Å². The van der Waals surface area contributed by atoms with E-state index in [0.29, 0.717) is 43.1 Å². The van der Waals surface area contributed by atoms with Gasteiger partial charge < -0.3 is 9.64 Å². The van der Waals surface area contributed by atoms with E-state index >= 15 is 0 Å². The molecule has 2 aromatic heterocycles. The Balaban J connectivity index is 1.78. The summed E-state index contributed by atoms with van der Waals surface area (Å²) in [7, 11) is 3.85. The molecule has 0 fully saturated rings. The maximum atomic E-state index is 12.8. The molecule has 29 heavy (non-hydrogen) atoms. The SMILES string of the molecule is CN(C)CCOc1cc(NC(=O)N2CCCc3ccc(C=O)nc32)ncc1C#N. The number of fused-ring (bicyclic) bond motifs is 1. The second kappa shape index (κ2) is 9.12. The first kappa shape index (κ1) is 20.2. The van der Waals surface area contributed by atoms with E-state index in [1.807, 2.05) is 31.1 Å². The summed E-state index contributed by atoms with van der Waals surface area (Å²) in [6, 6.07) is 6.63. The summed E-state index contributed by atoms with van der Waals surface area (Å²) < 4.78 is 5.67. The van der Waals surface area contributed by atoms with Crippen LogP contribution in [-0.2, 0) is 6.42 Å². The fourth-order valence-electron chi connectivity index (χ4n) is 2.94. The number of urea groups is 1. The number of anilines is 2. The van der Waals surface area contributed by atoms with E-state index in [9.17, 15) is 14.9 Å². The zero-order chi connectivity index (χ0) is 20.8. The van der Waals surface area contributed by atoms with Crippen LogP contribution in [0.5, 0.6) is 5.75 Å². The Hall–Kier alpha value is -3.51. The fraction of sp³-hybridized carbons (Fsp3) is 0.350. The first-order valence-corrected chi connectivity index (χ1v) is 9.23. The molecule has 0 spiro atoms. The number of carbonyl (C=O) groups excluding carboxylic acids is 2. The van der Waals surface area contributed by atoms with Crippen LogP contribution in [0.15, 0.2) is 24.4 Å². The Kier molecular flexibility index (Phi) is 6.36. The summed E-state index contributed by atoms with van der Waals surface area (Å²) >= 11 is 0. The van der Waals surface area contributed by atoms with Gasteiger partial charge in [0.2, 0.25) is 0 Å². The smallest absolute Gasteiger partial charge is 0.328 e. The minimum absolute atomic E-state index is 0.271.